The molecule has 6 heteroatoms. The van der Waals surface area contributed by atoms with E-state index in [0.29, 0.717) is 19.3 Å². The van der Waals surface area contributed by atoms with E-state index in [-0.39, 0.29) is 18.1 Å². The minimum Gasteiger partial charge on any atom is -0.481 e. The van der Waals surface area contributed by atoms with Crippen molar-refractivity contribution in [2.24, 2.45) is 0 Å². The van der Waals surface area contributed by atoms with Crippen LogP contribution in [-0.2, 0) is 9.59 Å². The molecule has 0 aromatic carbocycles. The van der Waals surface area contributed by atoms with E-state index in [1.54, 1.807) is 0 Å². The molecule has 0 spiro atoms. The van der Waals surface area contributed by atoms with Crippen molar-refractivity contribution in [2.75, 3.05) is 6.26 Å². The third-order valence-corrected chi connectivity index (χ3v) is 4.29. The van der Waals surface area contributed by atoms with Crippen LogP contribution in [0.2, 0.25) is 0 Å². The van der Waals surface area contributed by atoms with Crippen LogP contribution in [0.1, 0.15) is 38.5 Å². The number of carboxylic acids is 2. The minimum atomic E-state index is -0.838. The second-order valence-electron chi connectivity index (χ2n) is 5.39. The number of aliphatic carboxylic acids is 2. The molecule has 0 saturated heterocycles. The van der Waals surface area contributed by atoms with Crippen LogP contribution >= 0.6 is 11.8 Å². The molecular formula is C19H28O5S. The zero-order chi connectivity index (χ0) is 18.9. The maximum atomic E-state index is 10.5. The molecule has 25 heavy (non-hydrogen) atoms. The van der Waals surface area contributed by atoms with Gasteiger partial charge >= 0.3 is 11.9 Å². The van der Waals surface area contributed by atoms with E-state index in [1.807, 2.05) is 54.9 Å². The number of thioether (sulfide) groups is 1. The minimum absolute atomic E-state index is 0.0559. The first kappa shape index (κ1) is 23.2. The van der Waals surface area contributed by atoms with Gasteiger partial charge in [-0.2, -0.15) is 11.8 Å². The van der Waals surface area contributed by atoms with Crippen LogP contribution in [0.4, 0.5) is 0 Å². The molecule has 0 aliphatic rings. The summed E-state index contributed by atoms with van der Waals surface area (Å²) in [5, 5.41) is 27.1. The van der Waals surface area contributed by atoms with Gasteiger partial charge in [0.15, 0.2) is 0 Å². The normalized spacial score (nSPS) is 14.8. The van der Waals surface area contributed by atoms with Gasteiger partial charge in [0.1, 0.15) is 0 Å². The molecule has 0 aliphatic carbocycles. The van der Waals surface area contributed by atoms with Crippen LogP contribution in [0.25, 0.3) is 0 Å². The molecule has 0 radical (unpaired) electrons. The maximum absolute atomic E-state index is 10.5. The van der Waals surface area contributed by atoms with E-state index < -0.39 is 18.0 Å². The Labute approximate surface area is 153 Å². The Morgan fingerprint density at radius 1 is 0.960 bits per heavy atom. The molecular weight excluding hydrogens is 340 g/mol. The van der Waals surface area contributed by atoms with Gasteiger partial charge in [0.25, 0.3) is 0 Å². The molecule has 0 fully saturated rings. The number of carboxylic acid groups (broad SMARTS) is 2. The molecule has 2 atom stereocenters. The highest BCUT2D eigenvalue weighted by Gasteiger charge is 2.14. The summed E-state index contributed by atoms with van der Waals surface area (Å²) in [5.74, 6) is -1.62. The highest BCUT2D eigenvalue weighted by molar-refractivity contribution is 7.99. The van der Waals surface area contributed by atoms with Crippen LogP contribution in [0, 0.1) is 0 Å². The van der Waals surface area contributed by atoms with Crippen molar-refractivity contribution in [1.82, 2.24) is 0 Å². The molecule has 0 unspecified atom stereocenters. The van der Waals surface area contributed by atoms with E-state index in [0.717, 1.165) is 6.42 Å². The van der Waals surface area contributed by atoms with Crippen molar-refractivity contribution >= 4 is 23.7 Å². The summed E-state index contributed by atoms with van der Waals surface area (Å²) in [6.45, 7) is 0. The predicted molar refractivity (Wildman–Crippen MR) is 103 cm³/mol. The third kappa shape index (κ3) is 15.5. The molecule has 0 saturated carbocycles. The van der Waals surface area contributed by atoms with Crippen molar-refractivity contribution in [3.63, 3.8) is 0 Å². The molecule has 0 heterocycles. The summed E-state index contributed by atoms with van der Waals surface area (Å²) in [6.07, 6.45) is 19.0. The fourth-order valence-corrected chi connectivity index (χ4v) is 2.65. The first-order valence-corrected chi connectivity index (χ1v) is 9.55. The molecule has 0 rings (SSSR count). The van der Waals surface area contributed by atoms with Gasteiger partial charge in [-0.3, -0.25) is 9.59 Å². The van der Waals surface area contributed by atoms with Crippen molar-refractivity contribution in [2.45, 2.75) is 49.9 Å². The quantitative estimate of drug-likeness (QED) is 0.319. The first-order valence-electron chi connectivity index (χ1n) is 8.26. The van der Waals surface area contributed by atoms with Crippen LogP contribution in [0.5, 0.6) is 0 Å². The fourth-order valence-electron chi connectivity index (χ4n) is 1.95. The van der Waals surface area contributed by atoms with Crippen LogP contribution < -0.4 is 0 Å². The van der Waals surface area contributed by atoms with Gasteiger partial charge in [-0.15, -0.1) is 0 Å². The molecule has 0 aromatic heterocycles. The Bertz CT molecular complexity index is 494. The topological polar surface area (TPSA) is 94.8 Å². The largest absolute Gasteiger partial charge is 0.481 e. The van der Waals surface area contributed by atoms with E-state index in [1.165, 1.54) is 11.8 Å². The Kier molecular flexibility index (Phi) is 14.6. The number of aliphatic hydroxyl groups excluding tert-OH is 1. The van der Waals surface area contributed by atoms with Gasteiger partial charge < -0.3 is 15.3 Å². The fraction of sp³-hybridized carbons (Fsp3) is 0.474. The lowest BCUT2D eigenvalue weighted by atomic mass is 10.1. The maximum Gasteiger partial charge on any atom is 0.303 e. The summed E-state index contributed by atoms with van der Waals surface area (Å²) in [7, 11) is 0. The number of hydrogen-bond donors (Lipinski definition) is 3. The summed E-state index contributed by atoms with van der Waals surface area (Å²) in [4.78, 5) is 20.8. The standard InChI is InChI=1S/C19H28O5S/c1-25-17(16(20)12-11-15-19(23)24)13-9-7-5-3-2-4-6-8-10-14-18(21)22/h2-3,5-9,13,16-17,20H,4,10-12,14-15H2,1H3,(H,21,22)(H,23,24)/b3-2-,7-5+,8-6-,13-9+/t16-,17+/m0/s1. The lowest BCUT2D eigenvalue weighted by molar-refractivity contribution is -0.138. The number of hydrogen-bond acceptors (Lipinski definition) is 4. The zero-order valence-electron chi connectivity index (χ0n) is 14.6. The van der Waals surface area contributed by atoms with Gasteiger partial charge in [0.05, 0.1) is 6.10 Å². The smallest absolute Gasteiger partial charge is 0.303 e. The van der Waals surface area contributed by atoms with Crippen molar-refractivity contribution in [1.29, 1.82) is 0 Å². The molecule has 3 N–H and O–H groups in total. The van der Waals surface area contributed by atoms with Crippen molar-refractivity contribution in [3.05, 3.63) is 48.6 Å². The lowest BCUT2D eigenvalue weighted by Crippen LogP contribution is -2.21. The number of rotatable bonds is 14. The number of carbonyl (C=O) groups is 2. The molecule has 0 aliphatic heterocycles. The second-order valence-corrected chi connectivity index (χ2v) is 6.41. The van der Waals surface area contributed by atoms with E-state index in [4.69, 9.17) is 10.2 Å². The van der Waals surface area contributed by atoms with Gasteiger partial charge in [0.2, 0.25) is 0 Å². The van der Waals surface area contributed by atoms with Crippen LogP contribution in [0.15, 0.2) is 48.6 Å². The molecule has 0 bridgehead atoms. The summed E-state index contributed by atoms with van der Waals surface area (Å²) in [5.41, 5.74) is 0. The monoisotopic (exact) mass is 368 g/mol. The molecule has 140 valence electrons. The Hall–Kier alpha value is -1.79. The van der Waals surface area contributed by atoms with Gasteiger partial charge in [-0.1, -0.05) is 48.6 Å². The average molecular weight is 368 g/mol. The average Bonchev–Trinajstić information content (AvgIpc) is 2.55. The third-order valence-electron chi connectivity index (χ3n) is 3.28. The van der Waals surface area contributed by atoms with Gasteiger partial charge in [-0.25, -0.2) is 0 Å². The highest BCUT2D eigenvalue weighted by atomic mass is 32.2. The highest BCUT2D eigenvalue weighted by Crippen LogP contribution is 2.17. The summed E-state index contributed by atoms with van der Waals surface area (Å²) >= 11 is 1.53. The van der Waals surface area contributed by atoms with Crippen molar-refractivity contribution < 1.29 is 24.9 Å². The molecule has 0 amide bonds. The number of aliphatic hydroxyl groups is 1. The molecule has 5 nitrogen and oxygen atoms in total. The zero-order valence-corrected chi connectivity index (χ0v) is 15.4. The first-order chi connectivity index (χ1) is 12.0. The Morgan fingerprint density at radius 3 is 2.28 bits per heavy atom. The second kappa shape index (κ2) is 15.7. The van der Waals surface area contributed by atoms with Crippen molar-refractivity contribution in [3.8, 4) is 0 Å². The van der Waals surface area contributed by atoms with E-state index in [9.17, 15) is 14.7 Å². The van der Waals surface area contributed by atoms with E-state index in [2.05, 4.69) is 0 Å². The Balaban J connectivity index is 4.03. The van der Waals surface area contributed by atoms with Crippen LogP contribution in [0.3, 0.4) is 0 Å². The molecule has 0 aromatic rings. The Morgan fingerprint density at radius 2 is 1.64 bits per heavy atom. The SMILES string of the molecule is CS[C@H](/C=C/C=C/C=C\C/C=C\CCC(=O)O)[C@@H](O)CCCC(=O)O. The predicted octanol–water partition coefficient (Wildman–Crippen LogP) is 3.81. The summed E-state index contributed by atoms with van der Waals surface area (Å²) in [6, 6.07) is 0. The van der Waals surface area contributed by atoms with E-state index >= 15 is 0 Å². The van der Waals surface area contributed by atoms with Gasteiger partial charge in [-0.05, 0) is 31.9 Å². The number of allylic oxidation sites excluding steroid dienone is 7. The lowest BCUT2D eigenvalue weighted by Gasteiger charge is -2.17. The van der Waals surface area contributed by atoms with Gasteiger partial charge in [0, 0.05) is 18.1 Å². The summed E-state index contributed by atoms with van der Waals surface area (Å²) < 4.78 is 0. The van der Waals surface area contributed by atoms with Crippen LogP contribution in [-0.4, -0.2) is 44.9 Å².